The quantitative estimate of drug-likeness (QED) is 0.846. The molecule has 6 nitrogen and oxygen atoms in total. The molecule has 1 aromatic carbocycles. The van der Waals surface area contributed by atoms with Crippen LogP contribution in [-0.2, 0) is 11.3 Å². The molecule has 0 N–H and O–H groups in total. The van der Waals surface area contributed by atoms with Gasteiger partial charge >= 0.3 is 6.09 Å². The molecular formula is C20H28N4O2. The van der Waals surface area contributed by atoms with Crippen LogP contribution in [0.15, 0.2) is 42.7 Å². The van der Waals surface area contributed by atoms with Gasteiger partial charge in [-0.05, 0) is 32.8 Å². The number of carbonyl (C=O) groups is 1. The van der Waals surface area contributed by atoms with Gasteiger partial charge in [-0.15, -0.1) is 0 Å². The van der Waals surface area contributed by atoms with Crippen LogP contribution in [0.1, 0.15) is 32.8 Å². The summed E-state index contributed by atoms with van der Waals surface area (Å²) in [6.45, 7) is 9.55. The van der Waals surface area contributed by atoms with E-state index < -0.39 is 5.60 Å². The number of nitrogens with zero attached hydrogens (tertiary/aromatic N) is 4. The van der Waals surface area contributed by atoms with Crippen molar-refractivity contribution >= 4 is 11.8 Å². The minimum atomic E-state index is -0.457. The smallest absolute Gasteiger partial charge is 0.410 e. The molecule has 1 aliphatic rings. The van der Waals surface area contributed by atoms with Crippen molar-refractivity contribution in [2.75, 3.05) is 31.1 Å². The first-order valence-electron chi connectivity index (χ1n) is 9.20. The number of hydrogen-bond acceptors (Lipinski definition) is 4. The number of carbonyl (C=O) groups excluding carboxylic acids is 1. The summed E-state index contributed by atoms with van der Waals surface area (Å²) in [5.41, 5.74) is 1.88. The molecular weight excluding hydrogens is 328 g/mol. The Hall–Kier alpha value is -2.50. The highest BCUT2D eigenvalue weighted by Crippen LogP contribution is 2.18. The molecule has 2 heterocycles. The molecule has 0 spiro atoms. The summed E-state index contributed by atoms with van der Waals surface area (Å²) in [6, 6.07) is 10.3. The largest absolute Gasteiger partial charge is 0.444 e. The maximum Gasteiger partial charge on any atom is 0.410 e. The summed E-state index contributed by atoms with van der Waals surface area (Å²) in [5, 5.41) is 4.49. The molecule has 3 rings (SSSR count). The second kappa shape index (κ2) is 7.81. The highest BCUT2D eigenvalue weighted by atomic mass is 16.6. The van der Waals surface area contributed by atoms with Crippen molar-refractivity contribution in [3.63, 3.8) is 0 Å². The Balaban J connectivity index is 1.58. The Bertz CT molecular complexity index is 721. The van der Waals surface area contributed by atoms with Crippen molar-refractivity contribution in [2.24, 2.45) is 0 Å². The molecule has 1 aromatic heterocycles. The van der Waals surface area contributed by atoms with Gasteiger partial charge in [-0.2, -0.15) is 5.10 Å². The van der Waals surface area contributed by atoms with E-state index in [1.807, 2.05) is 49.8 Å². The van der Waals surface area contributed by atoms with Gasteiger partial charge in [0.15, 0.2) is 0 Å². The van der Waals surface area contributed by atoms with E-state index in [2.05, 4.69) is 28.3 Å². The van der Waals surface area contributed by atoms with E-state index in [4.69, 9.17) is 4.74 Å². The van der Waals surface area contributed by atoms with E-state index in [1.54, 1.807) is 4.90 Å². The van der Waals surface area contributed by atoms with E-state index >= 15 is 0 Å². The lowest BCUT2D eigenvalue weighted by Crippen LogP contribution is -2.39. The third-order valence-corrected chi connectivity index (χ3v) is 4.32. The number of ether oxygens (including phenoxy) is 1. The van der Waals surface area contributed by atoms with Gasteiger partial charge in [0.2, 0.25) is 0 Å². The Morgan fingerprint density at radius 3 is 2.62 bits per heavy atom. The molecule has 140 valence electrons. The lowest BCUT2D eigenvalue weighted by molar-refractivity contribution is 0.0263. The van der Waals surface area contributed by atoms with E-state index in [1.165, 1.54) is 5.56 Å². The fraction of sp³-hybridized carbons (Fsp3) is 0.500. The summed E-state index contributed by atoms with van der Waals surface area (Å²) >= 11 is 0. The number of anilines is 1. The SMILES string of the molecule is CC(C)(C)OC(=O)N1CCCN(c2cnn(Cc3ccccc3)c2)CC1. The van der Waals surface area contributed by atoms with Crippen molar-refractivity contribution in [3.8, 4) is 0 Å². The van der Waals surface area contributed by atoms with Crippen molar-refractivity contribution in [1.82, 2.24) is 14.7 Å². The zero-order valence-electron chi connectivity index (χ0n) is 15.9. The van der Waals surface area contributed by atoms with Crippen molar-refractivity contribution < 1.29 is 9.53 Å². The van der Waals surface area contributed by atoms with Crippen molar-refractivity contribution in [2.45, 2.75) is 39.3 Å². The van der Waals surface area contributed by atoms with Crippen LogP contribution in [0.3, 0.4) is 0 Å². The molecule has 0 saturated carbocycles. The van der Waals surface area contributed by atoms with E-state index in [0.717, 1.165) is 38.3 Å². The van der Waals surface area contributed by atoms with Crippen LogP contribution in [0.2, 0.25) is 0 Å². The average molecular weight is 356 g/mol. The molecule has 0 bridgehead atoms. The summed E-state index contributed by atoms with van der Waals surface area (Å²) in [5.74, 6) is 0. The number of hydrogen-bond donors (Lipinski definition) is 0. The first-order chi connectivity index (χ1) is 12.4. The second-order valence-corrected chi connectivity index (χ2v) is 7.69. The van der Waals surface area contributed by atoms with Crippen molar-refractivity contribution in [1.29, 1.82) is 0 Å². The highest BCUT2D eigenvalue weighted by Gasteiger charge is 2.24. The average Bonchev–Trinajstić information content (AvgIpc) is 2.89. The molecule has 1 fully saturated rings. The summed E-state index contributed by atoms with van der Waals surface area (Å²) in [7, 11) is 0. The third-order valence-electron chi connectivity index (χ3n) is 4.32. The van der Waals surface area contributed by atoms with Gasteiger partial charge in [-0.3, -0.25) is 4.68 Å². The topological polar surface area (TPSA) is 50.6 Å². The Labute approximate surface area is 155 Å². The van der Waals surface area contributed by atoms with Gasteiger partial charge in [0, 0.05) is 32.4 Å². The van der Waals surface area contributed by atoms with Crippen LogP contribution < -0.4 is 4.90 Å². The molecule has 1 aliphatic heterocycles. The third kappa shape index (κ3) is 5.00. The molecule has 1 saturated heterocycles. The highest BCUT2D eigenvalue weighted by molar-refractivity contribution is 5.68. The fourth-order valence-corrected chi connectivity index (χ4v) is 3.06. The standard InChI is InChI=1S/C20H28N4O2/c1-20(2,3)26-19(25)23-11-7-10-22(12-13-23)18-14-21-24(16-18)15-17-8-5-4-6-9-17/h4-6,8-9,14,16H,7,10-13,15H2,1-3H3. The normalized spacial score (nSPS) is 15.7. The monoisotopic (exact) mass is 356 g/mol. The summed E-state index contributed by atoms with van der Waals surface area (Å²) in [6.07, 6.45) is 4.69. The van der Waals surface area contributed by atoms with Gasteiger partial charge in [0.25, 0.3) is 0 Å². The number of aromatic nitrogens is 2. The zero-order chi connectivity index (χ0) is 18.6. The Kier molecular flexibility index (Phi) is 5.49. The number of amides is 1. The molecule has 0 aliphatic carbocycles. The van der Waals surface area contributed by atoms with Gasteiger partial charge in [-0.25, -0.2) is 4.79 Å². The first-order valence-corrected chi connectivity index (χ1v) is 9.20. The molecule has 2 aromatic rings. The van der Waals surface area contributed by atoms with Crippen LogP contribution in [0.4, 0.5) is 10.5 Å². The van der Waals surface area contributed by atoms with Crippen LogP contribution in [0.5, 0.6) is 0 Å². The molecule has 6 heteroatoms. The maximum atomic E-state index is 12.3. The summed E-state index contributed by atoms with van der Waals surface area (Å²) in [4.78, 5) is 16.4. The number of rotatable bonds is 3. The van der Waals surface area contributed by atoms with Crippen molar-refractivity contribution in [3.05, 3.63) is 48.3 Å². The van der Waals surface area contributed by atoms with Gasteiger partial charge in [0.05, 0.1) is 18.4 Å². The lowest BCUT2D eigenvalue weighted by atomic mass is 10.2. The maximum absolute atomic E-state index is 12.3. The molecule has 26 heavy (non-hydrogen) atoms. The van der Waals surface area contributed by atoms with Crippen LogP contribution in [-0.4, -0.2) is 52.6 Å². The molecule has 0 atom stereocenters. The minimum Gasteiger partial charge on any atom is -0.444 e. The zero-order valence-corrected chi connectivity index (χ0v) is 15.9. The van der Waals surface area contributed by atoms with E-state index in [0.29, 0.717) is 6.54 Å². The predicted molar refractivity (Wildman–Crippen MR) is 102 cm³/mol. The fourth-order valence-electron chi connectivity index (χ4n) is 3.06. The molecule has 0 unspecified atom stereocenters. The molecule has 0 radical (unpaired) electrons. The van der Waals surface area contributed by atoms with E-state index in [9.17, 15) is 4.79 Å². The second-order valence-electron chi connectivity index (χ2n) is 7.69. The first kappa shape index (κ1) is 18.3. The summed E-state index contributed by atoms with van der Waals surface area (Å²) < 4.78 is 7.46. The van der Waals surface area contributed by atoms with Gasteiger partial charge in [-0.1, -0.05) is 30.3 Å². The van der Waals surface area contributed by atoms with Gasteiger partial charge in [0.1, 0.15) is 5.60 Å². The van der Waals surface area contributed by atoms with E-state index in [-0.39, 0.29) is 6.09 Å². The molecule has 1 amide bonds. The predicted octanol–water partition coefficient (Wildman–Crippen LogP) is 3.38. The lowest BCUT2D eigenvalue weighted by Gasteiger charge is -2.26. The minimum absolute atomic E-state index is 0.223. The van der Waals surface area contributed by atoms with Crippen LogP contribution >= 0.6 is 0 Å². The Morgan fingerprint density at radius 2 is 1.88 bits per heavy atom. The van der Waals surface area contributed by atoms with Crippen LogP contribution in [0.25, 0.3) is 0 Å². The van der Waals surface area contributed by atoms with Crippen LogP contribution in [0, 0.1) is 0 Å². The van der Waals surface area contributed by atoms with Gasteiger partial charge < -0.3 is 14.5 Å². The number of benzene rings is 1. The Morgan fingerprint density at radius 1 is 1.12 bits per heavy atom.